The number of hydrogen-bond donors (Lipinski definition) is 2. The molecule has 0 saturated carbocycles. The molecule has 0 saturated heterocycles. The Hall–Kier alpha value is -2.58. The first kappa shape index (κ1) is 57.4. The van der Waals surface area contributed by atoms with Crippen LogP contribution in [0.2, 0.25) is 0 Å². The van der Waals surface area contributed by atoms with Gasteiger partial charge < -0.3 is 20.1 Å². The maximum absolute atomic E-state index is 12.6. The van der Waals surface area contributed by atoms with Crippen molar-refractivity contribution < 1.29 is 32.8 Å². The molecule has 2 unspecified atom stereocenters. The molecule has 2 atom stereocenters. The van der Waals surface area contributed by atoms with Crippen LogP contribution in [0.15, 0.2) is 97.2 Å². The molecule has 0 aromatic carbocycles. The molecule has 60 heavy (non-hydrogen) atoms. The molecule has 0 heterocycles. The summed E-state index contributed by atoms with van der Waals surface area (Å²) in [5.74, 6) is -0.352. The van der Waals surface area contributed by atoms with Crippen LogP contribution in [-0.2, 0) is 27.9 Å². The quantitative estimate of drug-likeness (QED) is 0.0269. The minimum atomic E-state index is -4.29. The minimum Gasteiger partial charge on any atom is -0.457 e. The van der Waals surface area contributed by atoms with Crippen molar-refractivity contribution >= 4 is 13.8 Å². The third-order valence-corrected chi connectivity index (χ3v) is 10.5. The Bertz CT molecular complexity index is 1240. The second-order valence-electron chi connectivity index (χ2n) is 15.2. The zero-order valence-corrected chi connectivity index (χ0v) is 39.1. The average molecular weight is 858 g/mol. The highest BCUT2D eigenvalue weighted by molar-refractivity contribution is 7.47. The number of allylic oxidation sites excluding steroid dienone is 16. The molecular formula is C51H88NO7P. The van der Waals surface area contributed by atoms with Crippen molar-refractivity contribution in [1.29, 1.82) is 0 Å². The summed E-state index contributed by atoms with van der Waals surface area (Å²) in [6.45, 7) is 4.71. The number of hydrogen-bond acceptors (Lipinski definition) is 7. The van der Waals surface area contributed by atoms with Gasteiger partial charge in [-0.15, -0.1) is 0 Å². The molecule has 0 radical (unpaired) electrons. The Kier molecular flexibility index (Phi) is 45.4. The van der Waals surface area contributed by atoms with Crippen LogP contribution in [-0.4, -0.2) is 49.9 Å². The predicted octanol–water partition coefficient (Wildman–Crippen LogP) is 14.6. The number of rotatable bonds is 44. The summed E-state index contributed by atoms with van der Waals surface area (Å²) in [7, 11) is -4.29. The highest BCUT2D eigenvalue weighted by Crippen LogP contribution is 2.43. The van der Waals surface area contributed by atoms with Gasteiger partial charge in [0.05, 0.1) is 19.8 Å². The van der Waals surface area contributed by atoms with E-state index >= 15 is 0 Å². The first-order chi connectivity index (χ1) is 29.4. The summed E-state index contributed by atoms with van der Waals surface area (Å²) < 4.78 is 33.5. The zero-order chi connectivity index (χ0) is 43.7. The monoisotopic (exact) mass is 858 g/mol. The Morgan fingerprint density at radius 1 is 0.517 bits per heavy atom. The highest BCUT2D eigenvalue weighted by atomic mass is 31.2. The number of esters is 1. The van der Waals surface area contributed by atoms with Crippen molar-refractivity contribution in [3.8, 4) is 0 Å². The molecule has 0 aliphatic rings. The summed E-state index contributed by atoms with van der Waals surface area (Å²) >= 11 is 0. The molecule has 0 bridgehead atoms. The van der Waals surface area contributed by atoms with Crippen molar-refractivity contribution in [2.45, 2.75) is 187 Å². The minimum absolute atomic E-state index is 0.0906. The summed E-state index contributed by atoms with van der Waals surface area (Å²) in [5.41, 5.74) is 5.38. The van der Waals surface area contributed by atoms with Gasteiger partial charge in [-0.3, -0.25) is 13.8 Å². The standard InChI is InChI=1S/C51H88NO7P/c1-3-5-7-9-11-13-15-17-19-20-21-22-23-24-25-26-27-28-29-31-33-35-37-39-41-43-46-56-48-50(49-58-60(54,55)57-47-45-52)59-51(53)44-42-40-38-36-34-32-30-18-16-14-12-10-8-6-4-2/h5,7,11-14,17-19,21-22,24-25,27-28,30,50H,3-4,6,8-10,15-16,20,23,26,29,31-49,52H2,1-2H3,(H,54,55)/b7-5-,13-11-,14-12-,19-17-,22-21-,25-24-,28-27-,30-18-. The van der Waals surface area contributed by atoms with E-state index in [0.717, 1.165) is 109 Å². The number of ether oxygens (including phenoxy) is 2. The lowest BCUT2D eigenvalue weighted by Crippen LogP contribution is -2.28. The predicted molar refractivity (Wildman–Crippen MR) is 256 cm³/mol. The zero-order valence-electron chi connectivity index (χ0n) is 38.2. The summed E-state index contributed by atoms with van der Waals surface area (Å²) in [4.78, 5) is 22.5. The fourth-order valence-electron chi connectivity index (χ4n) is 6.03. The van der Waals surface area contributed by atoms with Gasteiger partial charge in [0.25, 0.3) is 0 Å². The van der Waals surface area contributed by atoms with Gasteiger partial charge in [-0.25, -0.2) is 4.57 Å². The van der Waals surface area contributed by atoms with Gasteiger partial charge in [0.1, 0.15) is 6.10 Å². The Labute approximate surface area is 368 Å². The van der Waals surface area contributed by atoms with Gasteiger partial charge >= 0.3 is 13.8 Å². The van der Waals surface area contributed by atoms with E-state index in [0.29, 0.717) is 13.0 Å². The molecule has 0 aliphatic heterocycles. The first-order valence-corrected chi connectivity index (χ1v) is 25.2. The van der Waals surface area contributed by atoms with Crippen LogP contribution in [0.4, 0.5) is 0 Å². The second kappa shape index (κ2) is 47.5. The molecule has 9 heteroatoms. The van der Waals surface area contributed by atoms with Crippen LogP contribution in [0.5, 0.6) is 0 Å². The third kappa shape index (κ3) is 46.5. The van der Waals surface area contributed by atoms with Crippen molar-refractivity contribution in [2.75, 3.05) is 33.0 Å². The summed E-state index contributed by atoms with van der Waals surface area (Å²) in [5, 5.41) is 0. The molecule has 0 aliphatic carbocycles. The highest BCUT2D eigenvalue weighted by Gasteiger charge is 2.25. The summed E-state index contributed by atoms with van der Waals surface area (Å²) in [6, 6.07) is 0. The summed E-state index contributed by atoms with van der Waals surface area (Å²) in [6.07, 6.45) is 62.9. The lowest BCUT2D eigenvalue weighted by Gasteiger charge is -2.20. The number of nitrogens with two attached hydrogens (primary N) is 1. The van der Waals surface area contributed by atoms with Crippen molar-refractivity contribution in [2.24, 2.45) is 5.73 Å². The van der Waals surface area contributed by atoms with Gasteiger partial charge in [0, 0.05) is 19.6 Å². The molecule has 0 fully saturated rings. The van der Waals surface area contributed by atoms with E-state index in [4.69, 9.17) is 24.3 Å². The molecule has 0 rings (SSSR count). The van der Waals surface area contributed by atoms with Crippen molar-refractivity contribution in [3.05, 3.63) is 97.2 Å². The number of carbonyl (C=O) groups is 1. The number of phosphoric ester groups is 1. The first-order valence-electron chi connectivity index (χ1n) is 23.7. The van der Waals surface area contributed by atoms with E-state index in [1.807, 2.05) is 0 Å². The lowest BCUT2D eigenvalue weighted by atomic mass is 10.1. The maximum Gasteiger partial charge on any atom is 0.472 e. The molecule has 344 valence electrons. The second-order valence-corrected chi connectivity index (χ2v) is 16.7. The van der Waals surface area contributed by atoms with Crippen LogP contribution >= 0.6 is 7.82 Å². The van der Waals surface area contributed by atoms with Crippen molar-refractivity contribution in [1.82, 2.24) is 0 Å². The number of unbranched alkanes of at least 4 members (excludes halogenated alkanes) is 15. The van der Waals surface area contributed by atoms with E-state index in [1.165, 1.54) is 51.4 Å². The molecule has 0 aromatic rings. The van der Waals surface area contributed by atoms with Gasteiger partial charge in [-0.05, 0) is 96.3 Å². The molecule has 0 amide bonds. The van der Waals surface area contributed by atoms with Crippen LogP contribution in [0.1, 0.15) is 181 Å². The largest absolute Gasteiger partial charge is 0.472 e. The van der Waals surface area contributed by atoms with Gasteiger partial charge in [-0.1, -0.05) is 175 Å². The lowest BCUT2D eigenvalue weighted by molar-refractivity contribution is -0.154. The number of carbonyl (C=O) groups excluding carboxylic acids is 1. The molecular weight excluding hydrogens is 770 g/mol. The molecule has 8 nitrogen and oxygen atoms in total. The van der Waals surface area contributed by atoms with Gasteiger partial charge in [0.15, 0.2) is 0 Å². The normalized spacial score (nSPS) is 14.3. The molecule has 0 spiro atoms. The Morgan fingerprint density at radius 2 is 0.933 bits per heavy atom. The Morgan fingerprint density at radius 3 is 1.40 bits per heavy atom. The van der Waals surface area contributed by atoms with Crippen molar-refractivity contribution in [3.63, 3.8) is 0 Å². The smallest absolute Gasteiger partial charge is 0.457 e. The average Bonchev–Trinajstić information content (AvgIpc) is 3.24. The fraction of sp³-hybridized carbons (Fsp3) is 0.667. The SMILES string of the molecule is CC/C=C\C/C=C\C/C=C\C/C=C\C/C=C\C/C=C\CCCCCCCCCOCC(COP(=O)(O)OCCN)OC(=O)CCCCCCC/C=C\C/C=C\CCCCC. The van der Waals surface area contributed by atoms with E-state index in [9.17, 15) is 14.3 Å². The Balaban J connectivity index is 4.04. The van der Waals surface area contributed by atoms with Gasteiger partial charge in [0.2, 0.25) is 0 Å². The van der Waals surface area contributed by atoms with E-state index in [2.05, 4.69) is 111 Å². The van der Waals surface area contributed by atoms with E-state index in [1.54, 1.807) is 0 Å². The fourth-order valence-corrected chi connectivity index (χ4v) is 6.79. The molecule has 3 N–H and O–H groups in total. The molecule has 0 aromatic heterocycles. The van der Waals surface area contributed by atoms with E-state index in [-0.39, 0.29) is 32.3 Å². The van der Waals surface area contributed by atoms with Crippen LogP contribution in [0.3, 0.4) is 0 Å². The van der Waals surface area contributed by atoms with Crippen LogP contribution in [0.25, 0.3) is 0 Å². The van der Waals surface area contributed by atoms with Crippen LogP contribution < -0.4 is 5.73 Å². The maximum atomic E-state index is 12.6. The van der Waals surface area contributed by atoms with Crippen LogP contribution in [0, 0.1) is 0 Å². The van der Waals surface area contributed by atoms with Gasteiger partial charge in [-0.2, -0.15) is 0 Å². The number of phosphoric acid groups is 1. The third-order valence-electron chi connectivity index (χ3n) is 9.49. The topological polar surface area (TPSA) is 117 Å². The van der Waals surface area contributed by atoms with E-state index < -0.39 is 13.9 Å².